The quantitative estimate of drug-likeness (QED) is 0.319. The molecule has 0 radical (unpaired) electrons. The summed E-state index contributed by atoms with van der Waals surface area (Å²) in [5.41, 5.74) is 1.59. The lowest BCUT2D eigenvalue weighted by Gasteiger charge is -2.35. The number of methoxy groups -OCH3 is 2. The highest BCUT2D eigenvalue weighted by atomic mass is 16.5. The molecule has 206 valence electrons. The Morgan fingerprint density at radius 3 is 2.50 bits per heavy atom. The second kappa shape index (κ2) is 13.2. The average molecular weight is 526 g/mol. The summed E-state index contributed by atoms with van der Waals surface area (Å²) in [6, 6.07) is 11.8. The van der Waals surface area contributed by atoms with E-state index < -0.39 is 11.6 Å². The van der Waals surface area contributed by atoms with Gasteiger partial charge < -0.3 is 24.4 Å². The standard InChI is InChI=1S/C28H39N5O5/c1-7-28(3,4)29-27(35)26(20-14-15-23(36-5)24(18-20)37-6)32(16-11-17-38-8-2)25(34)19-33-22-13-10-9-12-21(22)30-31-33/h9-10,12-15,18,26H,7-8,11,16-17,19H2,1-6H3,(H,29,35). The molecule has 0 fully saturated rings. The van der Waals surface area contributed by atoms with Crippen LogP contribution in [-0.2, 0) is 20.9 Å². The number of hydrogen-bond donors (Lipinski definition) is 1. The molecule has 1 heterocycles. The van der Waals surface area contributed by atoms with Crippen molar-refractivity contribution < 1.29 is 23.8 Å². The largest absolute Gasteiger partial charge is 0.493 e. The molecular weight excluding hydrogens is 486 g/mol. The molecule has 1 atom stereocenters. The van der Waals surface area contributed by atoms with Gasteiger partial charge >= 0.3 is 0 Å². The summed E-state index contributed by atoms with van der Waals surface area (Å²) < 4.78 is 18.0. The van der Waals surface area contributed by atoms with Gasteiger partial charge in [-0.2, -0.15) is 0 Å². The number of fused-ring (bicyclic) bond motifs is 1. The van der Waals surface area contributed by atoms with Crippen LogP contribution in [0, 0.1) is 0 Å². The Bertz CT molecular complexity index is 1230. The SMILES string of the molecule is CCOCCCN(C(=O)Cn1nnc2ccccc21)C(C(=O)NC(C)(C)CC)c1ccc(OC)c(OC)c1. The molecular formula is C28H39N5O5. The molecule has 1 N–H and O–H groups in total. The van der Waals surface area contributed by atoms with Crippen LogP contribution in [0.15, 0.2) is 42.5 Å². The van der Waals surface area contributed by atoms with Crippen molar-refractivity contribution in [2.45, 2.75) is 58.7 Å². The third-order valence-corrected chi connectivity index (χ3v) is 6.55. The van der Waals surface area contributed by atoms with E-state index in [9.17, 15) is 9.59 Å². The molecule has 1 aromatic heterocycles. The zero-order chi connectivity index (χ0) is 27.7. The first-order valence-electron chi connectivity index (χ1n) is 12.9. The maximum Gasteiger partial charge on any atom is 0.247 e. The van der Waals surface area contributed by atoms with Crippen molar-refractivity contribution in [2.24, 2.45) is 0 Å². The number of benzene rings is 2. The van der Waals surface area contributed by atoms with E-state index in [-0.39, 0.29) is 18.4 Å². The van der Waals surface area contributed by atoms with Crippen molar-refractivity contribution in [2.75, 3.05) is 34.0 Å². The van der Waals surface area contributed by atoms with Gasteiger partial charge in [-0.15, -0.1) is 5.10 Å². The monoisotopic (exact) mass is 525 g/mol. The Morgan fingerprint density at radius 2 is 1.82 bits per heavy atom. The highest BCUT2D eigenvalue weighted by molar-refractivity contribution is 5.89. The molecule has 10 heteroatoms. The summed E-state index contributed by atoms with van der Waals surface area (Å²) in [7, 11) is 3.09. The lowest BCUT2D eigenvalue weighted by atomic mass is 9.98. The van der Waals surface area contributed by atoms with Gasteiger partial charge in [0.2, 0.25) is 11.8 Å². The Hall–Kier alpha value is -3.66. The maximum atomic E-state index is 13.9. The molecule has 0 spiro atoms. The van der Waals surface area contributed by atoms with Gasteiger partial charge in [0.25, 0.3) is 0 Å². The van der Waals surface area contributed by atoms with Crippen molar-refractivity contribution in [3.63, 3.8) is 0 Å². The lowest BCUT2D eigenvalue weighted by Crippen LogP contribution is -2.51. The van der Waals surface area contributed by atoms with Crippen LogP contribution in [0.2, 0.25) is 0 Å². The van der Waals surface area contributed by atoms with E-state index in [0.29, 0.717) is 48.8 Å². The summed E-state index contributed by atoms with van der Waals surface area (Å²) in [6.45, 7) is 9.13. The van der Waals surface area contributed by atoms with E-state index in [1.165, 1.54) is 7.11 Å². The highest BCUT2D eigenvalue weighted by Crippen LogP contribution is 2.33. The summed E-state index contributed by atoms with van der Waals surface area (Å²) >= 11 is 0. The molecule has 3 aromatic rings. The molecule has 0 aliphatic rings. The molecule has 2 amide bonds. The molecule has 0 bridgehead atoms. The number of carbonyl (C=O) groups is 2. The average Bonchev–Trinajstić information content (AvgIpc) is 3.32. The molecule has 10 nitrogen and oxygen atoms in total. The van der Waals surface area contributed by atoms with Gasteiger partial charge in [-0.1, -0.05) is 30.3 Å². The molecule has 0 saturated carbocycles. The van der Waals surface area contributed by atoms with Gasteiger partial charge in [0.05, 0.1) is 19.7 Å². The van der Waals surface area contributed by atoms with Crippen LogP contribution in [0.5, 0.6) is 11.5 Å². The first-order chi connectivity index (χ1) is 18.2. The molecule has 0 saturated heterocycles. The van der Waals surface area contributed by atoms with Gasteiger partial charge in [0.15, 0.2) is 11.5 Å². The number of amides is 2. The highest BCUT2D eigenvalue weighted by Gasteiger charge is 2.34. The van der Waals surface area contributed by atoms with Gasteiger partial charge in [-0.3, -0.25) is 9.59 Å². The molecule has 1 unspecified atom stereocenters. The third-order valence-electron chi connectivity index (χ3n) is 6.55. The van der Waals surface area contributed by atoms with Crippen LogP contribution in [-0.4, -0.2) is 71.2 Å². The first-order valence-corrected chi connectivity index (χ1v) is 12.9. The van der Waals surface area contributed by atoms with Gasteiger partial charge in [-0.25, -0.2) is 4.68 Å². The normalized spacial score (nSPS) is 12.3. The van der Waals surface area contributed by atoms with Crippen LogP contribution < -0.4 is 14.8 Å². The molecule has 2 aromatic carbocycles. The van der Waals surface area contributed by atoms with Gasteiger partial charge in [-0.05, 0) is 63.4 Å². The van der Waals surface area contributed by atoms with Crippen molar-refractivity contribution >= 4 is 22.8 Å². The topological polar surface area (TPSA) is 108 Å². The minimum absolute atomic E-state index is 0.0661. The summed E-state index contributed by atoms with van der Waals surface area (Å²) in [4.78, 5) is 29.4. The van der Waals surface area contributed by atoms with Crippen molar-refractivity contribution in [1.82, 2.24) is 25.2 Å². The van der Waals surface area contributed by atoms with E-state index in [0.717, 1.165) is 11.9 Å². The molecule has 0 aliphatic heterocycles. The van der Waals surface area contributed by atoms with Gasteiger partial charge in [0, 0.05) is 25.3 Å². The van der Waals surface area contributed by atoms with Crippen LogP contribution >= 0.6 is 0 Å². The van der Waals surface area contributed by atoms with E-state index in [2.05, 4.69) is 15.6 Å². The number of rotatable bonds is 14. The van der Waals surface area contributed by atoms with E-state index in [1.807, 2.05) is 52.0 Å². The predicted octanol–water partition coefficient (Wildman–Crippen LogP) is 3.75. The van der Waals surface area contributed by atoms with E-state index in [4.69, 9.17) is 14.2 Å². The second-order valence-corrected chi connectivity index (χ2v) is 9.62. The van der Waals surface area contributed by atoms with E-state index in [1.54, 1.807) is 34.9 Å². The maximum absolute atomic E-state index is 13.9. The Kier molecular flexibility index (Phi) is 10.1. The van der Waals surface area contributed by atoms with Crippen LogP contribution in [0.4, 0.5) is 0 Å². The Labute approximate surface area is 224 Å². The number of carbonyl (C=O) groups excluding carboxylic acids is 2. The Morgan fingerprint density at radius 1 is 1.08 bits per heavy atom. The first kappa shape index (κ1) is 28.9. The number of para-hydroxylation sites is 1. The zero-order valence-corrected chi connectivity index (χ0v) is 23.2. The van der Waals surface area contributed by atoms with Crippen molar-refractivity contribution in [3.8, 4) is 11.5 Å². The minimum atomic E-state index is -0.912. The lowest BCUT2D eigenvalue weighted by molar-refractivity contribution is -0.142. The van der Waals surface area contributed by atoms with Crippen LogP contribution in [0.1, 0.15) is 52.1 Å². The smallest absolute Gasteiger partial charge is 0.247 e. The fourth-order valence-electron chi connectivity index (χ4n) is 4.12. The number of ether oxygens (including phenoxy) is 3. The van der Waals surface area contributed by atoms with Gasteiger partial charge in [0.1, 0.15) is 18.1 Å². The number of nitrogens with one attached hydrogen (secondary N) is 1. The summed E-state index contributed by atoms with van der Waals surface area (Å²) in [6.07, 6.45) is 1.28. The van der Waals surface area contributed by atoms with Crippen molar-refractivity contribution in [1.29, 1.82) is 0 Å². The number of nitrogens with zero attached hydrogens (tertiary/aromatic N) is 4. The van der Waals surface area contributed by atoms with Crippen molar-refractivity contribution in [3.05, 3.63) is 48.0 Å². The fraction of sp³-hybridized carbons (Fsp3) is 0.500. The Balaban J connectivity index is 2.04. The van der Waals surface area contributed by atoms with Crippen LogP contribution in [0.3, 0.4) is 0 Å². The number of aromatic nitrogens is 3. The molecule has 0 aliphatic carbocycles. The molecule has 3 rings (SSSR count). The second-order valence-electron chi connectivity index (χ2n) is 9.62. The van der Waals surface area contributed by atoms with Crippen LogP contribution in [0.25, 0.3) is 11.0 Å². The third kappa shape index (κ3) is 7.00. The fourth-order valence-corrected chi connectivity index (χ4v) is 4.12. The molecule has 38 heavy (non-hydrogen) atoms. The summed E-state index contributed by atoms with van der Waals surface area (Å²) in [5, 5.41) is 11.5. The van der Waals surface area contributed by atoms with E-state index >= 15 is 0 Å². The predicted molar refractivity (Wildman–Crippen MR) is 145 cm³/mol. The summed E-state index contributed by atoms with van der Waals surface area (Å²) in [5.74, 6) is 0.466. The number of hydrogen-bond acceptors (Lipinski definition) is 7. The zero-order valence-electron chi connectivity index (χ0n) is 23.2. The minimum Gasteiger partial charge on any atom is -0.493 e.